The number of hydrogen-bond acceptors (Lipinski definition) is 2. The molecule has 2 N–H and O–H groups in total. The largest absolute Gasteiger partial charge is 0.396 e. The SMILES string of the molecule is CC(C)=CC/C=C(C)/C=C/[C@@H]1C2C=C(CCCCCO)CC2C[C@H]1O. The van der Waals surface area contributed by atoms with Gasteiger partial charge in [-0.1, -0.05) is 53.5 Å². The number of rotatable bonds is 9. The lowest BCUT2D eigenvalue weighted by atomic mass is 9.91. The molecule has 0 aromatic heterocycles. The molecular weight excluding hydrogens is 308 g/mol. The van der Waals surface area contributed by atoms with Crippen molar-refractivity contribution in [1.82, 2.24) is 0 Å². The number of allylic oxidation sites excluding steroid dienone is 7. The lowest BCUT2D eigenvalue weighted by Crippen LogP contribution is -2.15. The van der Waals surface area contributed by atoms with Crippen molar-refractivity contribution < 1.29 is 10.2 Å². The quantitative estimate of drug-likeness (QED) is 0.337. The minimum absolute atomic E-state index is 0.191. The van der Waals surface area contributed by atoms with Crippen molar-refractivity contribution >= 4 is 0 Å². The summed E-state index contributed by atoms with van der Waals surface area (Å²) in [4.78, 5) is 0. The van der Waals surface area contributed by atoms with Crippen LogP contribution in [-0.4, -0.2) is 22.9 Å². The minimum Gasteiger partial charge on any atom is -0.396 e. The van der Waals surface area contributed by atoms with E-state index >= 15 is 0 Å². The molecule has 140 valence electrons. The van der Waals surface area contributed by atoms with Crippen molar-refractivity contribution in [3.63, 3.8) is 0 Å². The zero-order valence-corrected chi connectivity index (χ0v) is 16.2. The third-order valence-electron chi connectivity index (χ3n) is 5.63. The number of unbranched alkanes of at least 4 members (excludes halogenated alkanes) is 2. The summed E-state index contributed by atoms with van der Waals surface area (Å²) in [5, 5.41) is 19.3. The van der Waals surface area contributed by atoms with Crippen molar-refractivity contribution in [2.24, 2.45) is 17.8 Å². The summed E-state index contributed by atoms with van der Waals surface area (Å²) in [6.45, 7) is 6.71. The fourth-order valence-electron chi connectivity index (χ4n) is 4.23. The van der Waals surface area contributed by atoms with Gasteiger partial charge >= 0.3 is 0 Å². The van der Waals surface area contributed by atoms with Crippen LogP contribution in [0.2, 0.25) is 0 Å². The second-order valence-corrected chi connectivity index (χ2v) is 8.11. The fourth-order valence-corrected chi connectivity index (χ4v) is 4.23. The van der Waals surface area contributed by atoms with Crippen LogP contribution in [0.25, 0.3) is 0 Å². The maximum Gasteiger partial charge on any atom is 0.0611 e. The van der Waals surface area contributed by atoms with Crippen LogP contribution in [0.3, 0.4) is 0 Å². The summed E-state index contributed by atoms with van der Waals surface area (Å²) in [6, 6.07) is 0. The molecule has 0 bridgehead atoms. The van der Waals surface area contributed by atoms with E-state index in [-0.39, 0.29) is 12.0 Å². The molecule has 1 fully saturated rings. The smallest absolute Gasteiger partial charge is 0.0611 e. The predicted octanol–water partition coefficient (Wildman–Crippen LogP) is 5.34. The molecule has 0 radical (unpaired) electrons. The van der Waals surface area contributed by atoms with E-state index in [0.29, 0.717) is 18.4 Å². The van der Waals surface area contributed by atoms with Gasteiger partial charge in [0.15, 0.2) is 0 Å². The van der Waals surface area contributed by atoms with Gasteiger partial charge in [-0.2, -0.15) is 0 Å². The van der Waals surface area contributed by atoms with Crippen molar-refractivity contribution in [3.8, 4) is 0 Å². The lowest BCUT2D eigenvalue weighted by Gasteiger charge is -2.15. The van der Waals surface area contributed by atoms with Gasteiger partial charge in [-0.25, -0.2) is 0 Å². The standard InChI is InChI=1S/C23H36O2/c1-17(2)8-7-9-18(3)11-12-21-22-15-19(10-5-4-6-13-24)14-20(22)16-23(21)25/h8-9,11-12,15,20-25H,4-7,10,13-14,16H2,1-3H3/b12-11+,18-9+/t20?,21-,22?,23-/m1/s1. The fraction of sp³-hybridized carbons (Fsp3) is 0.652. The van der Waals surface area contributed by atoms with Gasteiger partial charge in [0.2, 0.25) is 0 Å². The van der Waals surface area contributed by atoms with E-state index in [0.717, 1.165) is 25.7 Å². The Kier molecular flexibility index (Phi) is 8.18. The van der Waals surface area contributed by atoms with E-state index in [1.54, 1.807) is 5.57 Å². The Bertz CT molecular complexity index is 534. The van der Waals surface area contributed by atoms with Gasteiger partial charge in [0.1, 0.15) is 0 Å². The third-order valence-corrected chi connectivity index (χ3v) is 5.63. The predicted molar refractivity (Wildman–Crippen MR) is 106 cm³/mol. The maximum absolute atomic E-state index is 10.5. The molecule has 2 aliphatic carbocycles. The van der Waals surface area contributed by atoms with Crippen molar-refractivity contribution in [3.05, 3.63) is 47.1 Å². The highest BCUT2D eigenvalue weighted by Gasteiger charge is 2.42. The summed E-state index contributed by atoms with van der Waals surface area (Å²) in [5.74, 6) is 1.42. The van der Waals surface area contributed by atoms with Crippen LogP contribution in [0, 0.1) is 17.8 Å². The third kappa shape index (κ3) is 6.27. The molecule has 1 saturated carbocycles. The van der Waals surface area contributed by atoms with Crippen LogP contribution in [-0.2, 0) is 0 Å². The van der Waals surface area contributed by atoms with Gasteiger partial charge in [-0.3, -0.25) is 0 Å². The summed E-state index contributed by atoms with van der Waals surface area (Å²) in [5.41, 5.74) is 4.21. The number of fused-ring (bicyclic) bond motifs is 1. The summed E-state index contributed by atoms with van der Waals surface area (Å²) in [6.07, 6.45) is 18.7. The maximum atomic E-state index is 10.5. The highest BCUT2D eigenvalue weighted by molar-refractivity contribution is 5.24. The Hall–Kier alpha value is -1.12. The number of aliphatic hydroxyl groups is 2. The van der Waals surface area contributed by atoms with Gasteiger partial charge in [-0.05, 0) is 71.1 Å². The first kappa shape index (κ1) is 20.2. The molecule has 2 unspecified atom stereocenters. The number of hydrogen-bond donors (Lipinski definition) is 2. The molecule has 0 aliphatic heterocycles. The minimum atomic E-state index is -0.191. The molecule has 0 spiro atoms. The lowest BCUT2D eigenvalue weighted by molar-refractivity contribution is 0.145. The van der Waals surface area contributed by atoms with Crippen molar-refractivity contribution in [1.29, 1.82) is 0 Å². The molecule has 2 rings (SSSR count). The molecule has 2 nitrogen and oxygen atoms in total. The first-order chi connectivity index (χ1) is 12.0. The normalized spacial score (nSPS) is 29.2. The van der Waals surface area contributed by atoms with E-state index in [1.165, 1.54) is 30.4 Å². The summed E-state index contributed by atoms with van der Waals surface area (Å²) < 4.78 is 0. The van der Waals surface area contributed by atoms with Crippen LogP contribution in [0.5, 0.6) is 0 Å². The average molecular weight is 345 g/mol. The molecule has 0 aromatic carbocycles. The highest BCUT2D eigenvalue weighted by Crippen LogP contribution is 2.48. The van der Waals surface area contributed by atoms with E-state index in [1.807, 2.05) is 0 Å². The molecular formula is C23H36O2. The van der Waals surface area contributed by atoms with Crippen molar-refractivity contribution in [2.75, 3.05) is 6.61 Å². The molecule has 0 amide bonds. The Labute approximate surface area is 154 Å². The zero-order chi connectivity index (χ0) is 18.2. The zero-order valence-electron chi connectivity index (χ0n) is 16.2. The summed E-state index contributed by atoms with van der Waals surface area (Å²) >= 11 is 0. The van der Waals surface area contributed by atoms with E-state index in [9.17, 15) is 5.11 Å². The number of aliphatic hydroxyl groups excluding tert-OH is 2. The molecule has 2 aliphatic rings. The Morgan fingerprint density at radius 2 is 1.96 bits per heavy atom. The topological polar surface area (TPSA) is 40.5 Å². The second kappa shape index (κ2) is 10.1. The monoisotopic (exact) mass is 344 g/mol. The summed E-state index contributed by atoms with van der Waals surface area (Å²) in [7, 11) is 0. The van der Waals surface area contributed by atoms with Crippen LogP contribution < -0.4 is 0 Å². The average Bonchev–Trinajstić information content (AvgIpc) is 3.06. The molecule has 0 saturated heterocycles. The van der Waals surface area contributed by atoms with Gasteiger partial charge < -0.3 is 10.2 Å². The van der Waals surface area contributed by atoms with E-state index < -0.39 is 0 Å². The first-order valence-electron chi connectivity index (χ1n) is 9.98. The van der Waals surface area contributed by atoms with Crippen LogP contribution in [0.1, 0.15) is 65.7 Å². The Morgan fingerprint density at radius 1 is 1.16 bits per heavy atom. The highest BCUT2D eigenvalue weighted by atomic mass is 16.3. The first-order valence-corrected chi connectivity index (χ1v) is 9.98. The Morgan fingerprint density at radius 3 is 2.68 bits per heavy atom. The van der Waals surface area contributed by atoms with Gasteiger partial charge in [0.25, 0.3) is 0 Å². The van der Waals surface area contributed by atoms with E-state index in [2.05, 4.69) is 51.2 Å². The van der Waals surface area contributed by atoms with Crippen LogP contribution in [0.15, 0.2) is 47.1 Å². The molecule has 25 heavy (non-hydrogen) atoms. The molecule has 2 heteroatoms. The molecule has 4 atom stereocenters. The Balaban J connectivity index is 1.90. The molecule has 0 heterocycles. The van der Waals surface area contributed by atoms with Gasteiger partial charge in [0.05, 0.1) is 6.10 Å². The van der Waals surface area contributed by atoms with Gasteiger partial charge in [-0.15, -0.1) is 0 Å². The van der Waals surface area contributed by atoms with E-state index in [4.69, 9.17) is 5.11 Å². The van der Waals surface area contributed by atoms with Crippen LogP contribution in [0.4, 0.5) is 0 Å². The molecule has 0 aromatic rings. The van der Waals surface area contributed by atoms with Gasteiger partial charge in [0, 0.05) is 12.5 Å². The second-order valence-electron chi connectivity index (χ2n) is 8.11. The van der Waals surface area contributed by atoms with Crippen molar-refractivity contribution in [2.45, 2.75) is 71.8 Å². The van der Waals surface area contributed by atoms with Crippen LogP contribution >= 0.6 is 0 Å².